The van der Waals surface area contributed by atoms with Crippen LogP contribution in [0.1, 0.15) is 18.1 Å². The lowest BCUT2D eigenvalue weighted by atomic mass is 10.1. The Balaban J connectivity index is 2.06. The summed E-state index contributed by atoms with van der Waals surface area (Å²) in [5.41, 5.74) is 3.23. The topological polar surface area (TPSA) is 72.0 Å². The molecular formula is C16H15N3O2. The number of hydrogen-bond acceptors (Lipinski definition) is 5. The molecule has 1 aromatic carbocycles. The highest BCUT2D eigenvalue weighted by Gasteiger charge is 2.16. The summed E-state index contributed by atoms with van der Waals surface area (Å²) in [4.78, 5) is 8.74. The minimum Gasteiger partial charge on any atom is -0.508 e. The summed E-state index contributed by atoms with van der Waals surface area (Å²) in [6.45, 7) is 3.87. The molecule has 0 saturated heterocycles. The van der Waals surface area contributed by atoms with Crippen LogP contribution in [-0.2, 0) is 6.42 Å². The van der Waals surface area contributed by atoms with Gasteiger partial charge in [-0.2, -0.15) is 4.98 Å². The Kier molecular flexibility index (Phi) is 3.39. The predicted octanol–water partition coefficient (Wildman–Crippen LogP) is 3.38. The number of aryl methyl sites for hydroxylation is 1. The second kappa shape index (κ2) is 5.36. The summed E-state index contributed by atoms with van der Waals surface area (Å²) in [5.74, 6) is 1.05. The highest BCUT2D eigenvalue weighted by atomic mass is 16.5. The summed E-state index contributed by atoms with van der Waals surface area (Å²) in [6, 6.07) is 9.11. The molecule has 0 amide bonds. The van der Waals surface area contributed by atoms with Crippen LogP contribution in [-0.4, -0.2) is 20.2 Å². The molecule has 2 heterocycles. The number of pyridine rings is 1. The zero-order valence-electron chi connectivity index (χ0n) is 11.9. The molecule has 0 spiro atoms. The summed E-state index contributed by atoms with van der Waals surface area (Å²) in [5, 5.41) is 13.8. The third-order valence-corrected chi connectivity index (χ3v) is 3.45. The Morgan fingerprint density at radius 3 is 2.86 bits per heavy atom. The highest BCUT2D eigenvalue weighted by Crippen LogP contribution is 2.29. The van der Waals surface area contributed by atoms with E-state index in [4.69, 9.17) is 4.52 Å². The monoisotopic (exact) mass is 281 g/mol. The predicted molar refractivity (Wildman–Crippen MR) is 78.7 cm³/mol. The number of nitrogens with zero attached hydrogens (tertiary/aromatic N) is 3. The quantitative estimate of drug-likeness (QED) is 0.796. The molecule has 0 radical (unpaired) electrons. The molecular weight excluding hydrogens is 266 g/mol. The maximum Gasteiger partial charge on any atom is 0.258 e. The van der Waals surface area contributed by atoms with E-state index < -0.39 is 0 Å². The van der Waals surface area contributed by atoms with E-state index in [1.807, 2.05) is 25.1 Å². The first-order chi connectivity index (χ1) is 10.2. The number of benzene rings is 1. The minimum atomic E-state index is 0.208. The number of rotatable bonds is 3. The average Bonchev–Trinajstić information content (AvgIpc) is 2.99. The van der Waals surface area contributed by atoms with Crippen molar-refractivity contribution in [2.45, 2.75) is 20.3 Å². The number of aromatic hydroxyl groups is 1. The van der Waals surface area contributed by atoms with Gasteiger partial charge in [0.15, 0.2) is 0 Å². The van der Waals surface area contributed by atoms with Crippen molar-refractivity contribution in [3.8, 4) is 28.7 Å². The van der Waals surface area contributed by atoms with Crippen LogP contribution in [0.2, 0.25) is 0 Å². The van der Waals surface area contributed by atoms with Crippen molar-refractivity contribution < 1.29 is 9.63 Å². The second-order valence-corrected chi connectivity index (χ2v) is 4.74. The van der Waals surface area contributed by atoms with E-state index in [0.717, 1.165) is 23.2 Å². The molecule has 3 aromatic rings. The molecule has 0 aliphatic rings. The van der Waals surface area contributed by atoms with Crippen LogP contribution in [0.4, 0.5) is 0 Å². The van der Waals surface area contributed by atoms with Crippen LogP contribution >= 0.6 is 0 Å². The molecule has 0 aliphatic carbocycles. The van der Waals surface area contributed by atoms with Crippen LogP contribution in [0.3, 0.4) is 0 Å². The molecule has 0 aliphatic heterocycles. The first-order valence-electron chi connectivity index (χ1n) is 6.77. The lowest BCUT2D eigenvalue weighted by Gasteiger charge is -2.02. The molecule has 0 unspecified atom stereocenters. The molecule has 0 saturated carbocycles. The second-order valence-electron chi connectivity index (χ2n) is 4.74. The van der Waals surface area contributed by atoms with Crippen molar-refractivity contribution in [2.24, 2.45) is 0 Å². The Morgan fingerprint density at radius 2 is 2.05 bits per heavy atom. The Hall–Kier alpha value is -2.69. The zero-order chi connectivity index (χ0) is 14.8. The SMILES string of the molecule is CCc1cccnc1-c1noc(-c2cccc(O)c2C)n1. The van der Waals surface area contributed by atoms with Gasteiger partial charge in [-0.25, -0.2) is 0 Å². The van der Waals surface area contributed by atoms with Gasteiger partial charge in [-0.15, -0.1) is 0 Å². The van der Waals surface area contributed by atoms with Crippen LogP contribution < -0.4 is 0 Å². The molecule has 2 aromatic heterocycles. The van der Waals surface area contributed by atoms with E-state index in [2.05, 4.69) is 22.0 Å². The van der Waals surface area contributed by atoms with Gasteiger partial charge in [0.1, 0.15) is 11.4 Å². The number of phenolic OH excluding ortho intramolecular Hbond substituents is 1. The van der Waals surface area contributed by atoms with Crippen molar-refractivity contribution in [3.63, 3.8) is 0 Å². The summed E-state index contributed by atoms with van der Waals surface area (Å²) in [7, 11) is 0. The number of hydrogen-bond donors (Lipinski definition) is 1. The maximum absolute atomic E-state index is 9.77. The van der Waals surface area contributed by atoms with Crippen LogP contribution in [0.5, 0.6) is 5.75 Å². The molecule has 0 atom stereocenters. The van der Waals surface area contributed by atoms with Gasteiger partial charge < -0.3 is 9.63 Å². The number of aromatic nitrogens is 3. The molecule has 1 N–H and O–H groups in total. The van der Waals surface area contributed by atoms with Crippen molar-refractivity contribution in [3.05, 3.63) is 47.7 Å². The van der Waals surface area contributed by atoms with Gasteiger partial charge in [-0.05, 0) is 37.1 Å². The van der Waals surface area contributed by atoms with Gasteiger partial charge in [0, 0.05) is 17.3 Å². The van der Waals surface area contributed by atoms with Gasteiger partial charge in [0.05, 0.1) is 0 Å². The van der Waals surface area contributed by atoms with Crippen LogP contribution in [0, 0.1) is 6.92 Å². The Labute approximate surface area is 122 Å². The van der Waals surface area contributed by atoms with Crippen molar-refractivity contribution in [1.29, 1.82) is 0 Å². The van der Waals surface area contributed by atoms with Gasteiger partial charge in [-0.3, -0.25) is 4.98 Å². The van der Waals surface area contributed by atoms with Gasteiger partial charge in [-0.1, -0.05) is 24.2 Å². The standard InChI is InChI=1S/C16H15N3O2/c1-3-11-6-5-9-17-14(11)15-18-16(21-19-15)12-7-4-8-13(20)10(12)2/h4-9,20H,3H2,1-2H3. The number of phenols is 1. The normalized spacial score (nSPS) is 10.8. The van der Waals surface area contributed by atoms with Gasteiger partial charge in [0.2, 0.25) is 5.82 Å². The fourth-order valence-electron chi connectivity index (χ4n) is 2.21. The third kappa shape index (κ3) is 2.38. The summed E-state index contributed by atoms with van der Waals surface area (Å²) in [6.07, 6.45) is 2.56. The largest absolute Gasteiger partial charge is 0.508 e. The van der Waals surface area contributed by atoms with Gasteiger partial charge in [0.25, 0.3) is 5.89 Å². The fraction of sp³-hybridized carbons (Fsp3) is 0.188. The van der Waals surface area contributed by atoms with E-state index in [9.17, 15) is 5.11 Å². The molecule has 3 rings (SSSR count). The fourth-order valence-corrected chi connectivity index (χ4v) is 2.21. The van der Waals surface area contributed by atoms with Crippen molar-refractivity contribution in [1.82, 2.24) is 15.1 Å². The molecule has 5 heteroatoms. The lowest BCUT2D eigenvalue weighted by Crippen LogP contribution is -1.92. The van der Waals surface area contributed by atoms with E-state index in [0.29, 0.717) is 17.3 Å². The van der Waals surface area contributed by atoms with Crippen molar-refractivity contribution in [2.75, 3.05) is 0 Å². The van der Waals surface area contributed by atoms with Gasteiger partial charge >= 0.3 is 0 Å². The molecule has 21 heavy (non-hydrogen) atoms. The van der Waals surface area contributed by atoms with E-state index in [1.165, 1.54) is 0 Å². The Morgan fingerprint density at radius 1 is 1.19 bits per heavy atom. The van der Waals surface area contributed by atoms with E-state index >= 15 is 0 Å². The molecule has 0 fully saturated rings. The van der Waals surface area contributed by atoms with Crippen LogP contribution in [0.25, 0.3) is 23.0 Å². The first kappa shape index (κ1) is 13.3. The first-order valence-corrected chi connectivity index (χ1v) is 6.77. The van der Waals surface area contributed by atoms with Crippen molar-refractivity contribution >= 4 is 0 Å². The molecule has 106 valence electrons. The van der Waals surface area contributed by atoms with E-state index in [-0.39, 0.29) is 5.75 Å². The highest BCUT2D eigenvalue weighted by molar-refractivity contribution is 5.64. The minimum absolute atomic E-state index is 0.208. The zero-order valence-corrected chi connectivity index (χ0v) is 11.9. The molecule has 5 nitrogen and oxygen atoms in total. The smallest absolute Gasteiger partial charge is 0.258 e. The summed E-state index contributed by atoms with van der Waals surface area (Å²) >= 11 is 0. The van der Waals surface area contributed by atoms with E-state index in [1.54, 1.807) is 18.3 Å². The molecule has 0 bridgehead atoms. The third-order valence-electron chi connectivity index (χ3n) is 3.45. The Bertz CT molecular complexity index is 781. The summed E-state index contributed by atoms with van der Waals surface area (Å²) < 4.78 is 5.33. The maximum atomic E-state index is 9.77. The average molecular weight is 281 g/mol. The van der Waals surface area contributed by atoms with Crippen LogP contribution in [0.15, 0.2) is 41.1 Å². The lowest BCUT2D eigenvalue weighted by molar-refractivity contribution is 0.430.